The summed E-state index contributed by atoms with van der Waals surface area (Å²) in [5.74, 6) is 2.20. The first kappa shape index (κ1) is 16.5. The summed E-state index contributed by atoms with van der Waals surface area (Å²) < 4.78 is 12.8. The molecule has 1 aromatic heterocycles. The van der Waals surface area contributed by atoms with Crippen LogP contribution in [0.1, 0.15) is 11.1 Å². The number of hydrogen-bond donors (Lipinski definition) is 2. The van der Waals surface area contributed by atoms with Crippen molar-refractivity contribution >= 4 is 23.7 Å². The summed E-state index contributed by atoms with van der Waals surface area (Å²) in [6.07, 6.45) is 5.69. The number of anilines is 1. The molecule has 2 N–H and O–H groups in total. The molecule has 1 heterocycles. The Hall–Kier alpha value is -1.85. The van der Waals surface area contributed by atoms with Crippen molar-refractivity contribution in [1.29, 1.82) is 0 Å². The largest absolute Gasteiger partial charge is 0.396 e. The number of aliphatic hydroxyl groups is 1. The highest BCUT2D eigenvalue weighted by Gasteiger charge is 1.97. The van der Waals surface area contributed by atoms with Crippen molar-refractivity contribution in [1.82, 2.24) is 4.98 Å². The lowest BCUT2D eigenvalue weighted by molar-refractivity contribution is 0.322. The van der Waals surface area contributed by atoms with Crippen LogP contribution in [-0.2, 0) is 5.75 Å². The van der Waals surface area contributed by atoms with Gasteiger partial charge in [-0.15, -0.1) is 0 Å². The number of benzene rings is 1. The van der Waals surface area contributed by atoms with Crippen LogP contribution in [0.25, 0.3) is 6.08 Å². The first-order valence-electron chi connectivity index (χ1n) is 7.07. The molecule has 0 atom stereocenters. The van der Waals surface area contributed by atoms with E-state index in [1.165, 1.54) is 17.7 Å². The van der Waals surface area contributed by atoms with Crippen molar-refractivity contribution in [2.24, 2.45) is 0 Å². The third-order valence-electron chi connectivity index (χ3n) is 2.91. The van der Waals surface area contributed by atoms with Crippen molar-refractivity contribution in [2.75, 3.05) is 24.2 Å². The van der Waals surface area contributed by atoms with Crippen molar-refractivity contribution in [3.8, 4) is 0 Å². The van der Waals surface area contributed by atoms with Crippen molar-refractivity contribution in [3.05, 3.63) is 65.6 Å². The molecule has 0 aliphatic carbocycles. The molecular formula is C17H19FN2OS. The molecule has 2 aromatic rings. The highest BCUT2D eigenvalue weighted by atomic mass is 32.2. The monoisotopic (exact) mass is 318 g/mol. The lowest BCUT2D eigenvalue weighted by Gasteiger charge is -2.05. The number of thioether (sulfide) groups is 1. The van der Waals surface area contributed by atoms with E-state index >= 15 is 0 Å². The fourth-order valence-corrected chi connectivity index (χ4v) is 2.54. The summed E-state index contributed by atoms with van der Waals surface area (Å²) in [4.78, 5) is 4.27. The van der Waals surface area contributed by atoms with Crippen LogP contribution in [0.3, 0.4) is 0 Å². The van der Waals surface area contributed by atoms with Gasteiger partial charge in [0.15, 0.2) is 0 Å². The van der Waals surface area contributed by atoms with Crippen LogP contribution in [0.15, 0.2) is 48.7 Å². The zero-order valence-corrected chi connectivity index (χ0v) is 13.0. The third kappa shape index (κ3) is 5.87. The van der Waals surface area contributed by atoms with Gasteiger partial charge in [0.05, 0.1) is 6.61 Å². The van der Waals surface area contributed by atoms with Crippen LogP contribution >= 0.6 is 11.8 Å². The quantitative estimate of drug-likeness (QED) is 0.730. The molecule has 0 bridgehead atoms. The summed E-state index contributed by atoms with van der Waals surface area (Å²) in [5, 5.41) is 12.0. The maximum atomic E-state index is 12.8. The molecule has 0 fully saturated rings. The maximum Gasteiger partial charge on any atom is 0.126 e. The van der Waals surface area contributed by atoms with E-state index in [1.807, 2.05) is 24.3 Å². The molecule has 3 nitrogen and oxygen atoms in total. The molecule has 0 aliphatic heterocycles. The summed E-state index contributed by atoms with van der Waals surface area (Å²) in [7, 11) is 0. The first-order chi connectivity index (χ1) is 10.8. The molecule has 1 aromatic carbocycles. The van der Waals surface area contributed by atoms with Crippen LogP contribution in [0.5, 0.6) is 0 Å². The zero-order chi connectivity index (χ0) is 15.6. The molecule has 22 heavy (non-hydrogen) atoms. The van der Waals surface area contributed by atoms with Gasteiger partial charge >= 0.3 is 0 Å². The van der Waals surface area contributed by atoms with Gasteiger partial charge in [0.25, 0.3) is 0 Å². The number of nitrogens with one attached hydrogen (secondary N) is 1. The Bertz CT molecular complexity index is 602. The van der Waals surface area contributed by atoms with E-state index in [1.54, 1.807) is 30.1 Å². The first-order valence-corrected chi connectivity index (χ1v) is 8.23. The van der Waals surface area contributed by atoms with Crippen LogP contribution in [0.2, 0.25) is 0 Å². The normalized spacial score (nSPS) is 11.0. The molecule has 116 valence electrons. The van der Waals surface area contributed by atoms with Gasteiger partial charge in [-0.1, -0.05) is 24.3 Å². The second kappa shape index (κ2) is 9.23. The van der Waals surface area contributed by atoms with Crippen LogP contribution in [0, 0.1) is 5.82 Å². The number of nitrogens with zero attached hydrogens (tertiary/aromatic N) is 1. The molecule has 0 saturated heterocycles. The minimum atomic E-state index is -0.227. The predicted molar refractivity (Wildman–Crippen MR) is 91.4 cm³/mol. The topological polar surface area (TPSA) is 45.2 Å². The van der Waals surface area contributed by atoms with Gasteiger partial charge in [-0.05, 0) is 35.4 Å². The highest BCUT2D eigenvalue weighted by Crippen LogP contribution is 2.14. The third-order valence-corrected chi connectivity index (χ3v) is 3.92. The fourth-order valence-electron chi connectivity index (χ4n) is 1.85. The van der Waals surface area contributed by atoms with Gasteiger partial charge in [-0.2, -0.15) is 11.8 Å². The van der Waals surface area contributed by atoms with E-state index in [0.29, 0.717) is 6.54 Å². The van der Waals surface area contributed by atoms with Crippen molar-refractivity contribution in [2.45, 2.75) is 5.75 Å². The molecule has 5 heteroatoms. The number of aliphatic hydroxyl groups excluding tert-OH is 1. The summed E-state index contributed by atoms with van der Waals surface area (Å²) in [6.45, 7) is 0.854. The minimum absolute atomic E-state index is 0.203. The van der Waals surface area contributed by atoms with E-state index in [-0.39, 0.29) is 12.4 Å². The average molecular weight is 318 g/mol. The van der Waals surface area contributed by atoms with Crippen molar-refractivity contribution < 1.29 is 9.50 Å². The van der Waals surface area contributed by atoms with Crippen LogP contribution < -0.4 is 5.32 Å². The Kier molecular flexibility index (Phi) is 6.93. The van der Waals surface area contributed by atoms with Gasteiger partial charge in [0, 0.05) is 24.2 Å². The van der Waals surface area contributed by atoms with Gasteiger partial charge in [-0.3, -0.25) is 0 Å². The number of halogens is 1. The van der Waals surface area contributed by atoms with Crippen LogP contribution in [0.4, 0.5) is 10.2 Å². The molecule has 0 amide bonds. The molecule has 0 unspecified atom stereocenters. The fraction of sp³-hybridized carbons (Fsp3) is 0.235. The van der Waals surface area contributed by atoms with Crippen LogP contribution in [-0.4, -0.2) is 29.0 Å². The number of pyridine rings is 1. The molecule has 0 spiro atoms. The van der Waals surface area contributed by atoms with Gasteiger partial charge in [0.2, 0.25) is 0 Å². The standard InChI is InChI=1S/C17H19FN2OS/c18-16-5-3-14(4-6-16)2-1-8-19-17-12-15(7-9-20-17)13-22-11-10-21/h1-7,9,12,21H,8,10-11,13H2,(H,19,20)/b2-1+. The zero-order valence-electron chi connectivity index (χ0n) is 12.2. The maximum absolute atomic E-state index is 12.8. The minimum Gasteiger partial charge on any atom is -0.396 e. The molecule has 0 aliphatic rings. The number of rotatable bonds is 8. The van der Waals surface area contributed by atoms with E-state index in [4.69, 9.17) is 5.11 Å². The smallest absolute Gasteiger partial charge is 0.126 e. The number of hydrogen-bond acceptors (Lipinski definition) is 4. The SMILES string of the molecule is OCCSCc1ccnc(NC/C=C/c2ccc(F)cc2)c1. The second-order valence-corrected chi connectivity index (χ2v) is 5.77. The van der Waals surface area contributed by atoms with E-state index in [0.717, 1.165) is 22.9 Å². The Morgan fingerprint density at radius 2 is 2.05 bits per heavy atom. The van der Waals surface area contributed by atoms with Gasteiger partial charge in [0.1, 0.15) is 11.6 Å². The van der Waals surface area contributed by atoms with Gasteiger partial charge < -0.3 is 10.4 Å². The summed E-state index contributed by atoms with van der Waals surface area (Å²) in [6, 6.07) is 10.4. The van der Waals surface area contributed by atoms with E-state index in [2.05, 4.69) is 10.3 Å². The Labute approximate surface area is 134 Å². The Balaban J connectivity index is 1.81. The predicted octanol–water partition coefficient (Wildman–Crippen LogP) is 3.57. The summed E-state index contributed by atoms with van der Waals surface area (Å²) >= 11 is 1.69. The molecular weight excluding hydrogens is 299 g/mol. The lowest BCUT2D eigenvalue weighted by atomic mass is 10.2. The summed E-state index contributed by atoms with van der Waals surface area (Å²) in [5.41, 5.74) is 2.14. The van der Waals surface area contributed by atoms with E-state index in [9.17, 15) is 4.39 Å². The molecule has 2 rings (SSSR count). The molecule has 0 saturated carbocycles. The Morgan fingerprint density at radius 3 is 2.82 bits per heavy atom. The van der Waals surface area contributed by atoms with E-state index < -0.39 is 0 Å². The molecule has 0 radical (unpaired) electrons. The average Bonchev–Trinajstić information content (AvgIpc) is 2.54. The van der Waals surface area contributed by atoms with Crippen molar-refractivity contribution in [3.63, 3.8) is 0 Å². The highest BCUT2D eigenvalue weighted by molar-refractivity contribution is 7.98. The second-order valence-electron chi connectivity index (χ2n) is 4.66. The van der Waals surface area contributed by atoms with Gasteiger partial charge in [-0.25, -0.2) is 9.37 Å². The Morgan fingerprint density at radius 1 is 1.23 bits per heavy atom. The lowest BCUT2D eigenvalue weighted by Crippen LogP contribution is -2.01. The number of aromatic nitrogens is 1.